The first-order valence-corrected chi connectivity index (χ1v) is 6.09. The third-order valence-electron chi connectivity index (χ3n) is 2.95. The van der Waals surface area contributed by atoms with Gasteiger partial charge in [0.25, 0.3) is 0 Å². The van der Waals surface area contributed by atoms with Crippen molar-refractivity contribution < 1.29 is 0 Å². The molecule has 1 saturated heterocycles. The van der Waals surface area contributed by atoms with Gasteiger partial charge in [0.2, 0.25) is 5.95 Å². The number of nitrogens with zero attached hydrogens (tertiary/aromatic N) is 4. The van der Waals surface area contributed by atoms with Crippen LogP contribution >= 0.6 is 0 Å². The molecule has 1 atom stereocenters. The third kappa shape index (κ3) is 3.38. The number of rotatable bonds is 3. The minimum absolute atomic E-state index is 0.575. The fraction of sp³-hybridized carbons (Fsp3) is 0.667. The Labute approximate surface area is 103 Å². The second kappa shape index (κ2) is 5.42. The molecular formula is C12H21N5. The van der Waals surface area contributed by atoms with E-state index in [0.29, 0.717) is 6.04 Å². The van der Waals surface area contributed by atoms with Gasteiger partial charge in [-0.25, -0.2) is 9.97 Å². The largest absolute Gasteiger partial charge is 0.347 e. The van der Waals surface area contributed by atoms with Crippen LogP contribution in [0.5, 0.6) is 0 Å². The molecule has 0 aromatic carbocycles. The predicted octanol–water partition coefficient (Wildman–Crippen LogP) is 0.336. The van der Waals surface area contributed by atoms with Gasteiger partial charge >= 0.3 is 0 Å². The van der Waals surface area contributed by atoms with Crippen molar-refractivity contribution in [3.05, 3.63) is 18.0 Å². The summed E-state index contributed by atoms with van der Waals surface area (Å²) in [5, 5.41) is 3.44. The summed E-state index contributed by atoms with van der Waals surface area (Å²) in [4.78, 5) is 13.0. The van der Waals surface area contributed by atoms with E-state index in [2.05, 4.69) is 27.1 Å². The first-order chi connectivity index (χ1) is 8.15. The van der Waals surface area contributed by atoms with Crippen LogP contribution < -0.4 is 10.2 Å². The van der Waals surface area contributed by atoms with E-state index in [1.54, 1.807) is 0 Å². The minimum atomic E-state index is 0.575. The molecule has 1 aliphatic heterocycles. The SMILES string of the molecule is C[C@@H]1CN(Cc2cnc(N(C)C)nc2)CCN1. The van der Waals surface area contributed by atoms with E-state index >= 15 is 0 Å². The van der Waals surface area contributed by atoms with Gasteiger partial charge in [0.1, 0.15) is 0 Å². The third-order valence-corrected chi connectivity index (χ3v) is 2.95. The summed E-state index contributed by atoms with van der Waals surface area (Å²) in [7, 11) is 3.90. The maximum atomic E-state index is 4.34. The Balaban J connectivity index is 1.94. The number of hydrogen-bond donors (Lipinski definition) is 1. The summed E-state index contributed by atoms with van der Waals surface area (Å²) in [5.74, 6) is 0.766. The molecule has 0 saturated carbocycles. The molecule has 0 aliphatic carbocycles. The van der Waals surface area contributed by atoms with Crippen LogP contribution in [-0.2, 0) is 6.54 Å². The Morgan fingerprint density at radius 2 is 2.12 bits per heavy atom. The van der Waals surface area contributed by atoms with Gasteiger partial charge in [-0.3, -0.25) is 4.90 Å². The van der Waals surface area contributed by atoms with Crippen molar-refractivity contribution in [2.45, 2.75) is 19.5 Å². The first kappa shape index (κ1) is 12.3. The van der Waals surface area contributed by atoms with Crippen molar-refractivity contribution in [1.29, 1.82) is 0 Å². The van der Waals surface area contributed by atoms with Crippen molar-refractivity contribution in [2.24, 2.45) is 0 Å². The Morgan fingerprint density at radius 3 is 2.71 bits per heavy atom. The van der Waals surface area contributed by atoms with Gasteiger partial charge < -0.3 is 10.2 Å². The molecule has 94 valence electrons. The lowest BCUT2D eigenvalue weighted by Gasteiger charge is -2.31. The molecule has 1 aromatic rings. The number of nitrogens with one attached hydrogen (secondary N) is 1. The topological polar surface area (TPSA) is 44.3 Å². The first-order valence-electron chi connectivity index (χ1n) is 6.09. The second-order valence-corrected chi connectivity index (χ2v) is 4.88. The highest BCUT2D eigenvalue weighted by Crippen LogP contribution is 2.08. The molecule has 0 bridgehead atoms. The fourth-order valence-electron chi connectivity index (χ4n) is 2.07. The summed E-state index contributed by atoms with van der Waals surface area (Å²) >= 11 is 0. The van der Waals surface area contributed by atoms with Crippen LogP contribution in [0.3, 0.4) is 0 Å². The van der Waals surface area contributed by atoms with Crippen molar-refractivity contribution in [2.75, 3.05) is 38.6 Å². The highest BCUT2D eigenvalue weighted by Gasteiger charge is 2.15. The average Bonchev–Trinajstić information content (AvgIpc) is 2.29. The Hall–Kier alpha value is -1.20. The van der Waals surface area contributed by atoms with Gasteiger partial charge in [0.05, 0.1) is 0 Å². The monoisotopic (exact) mass is 235 g/mol. The lowest BCUT2D eigenvalue weighted by molar-refractivity contribution is 0.199. The molecule has 1 N–H and O–H groups in total. The second-order valence-electron chi connectivity index (χ2n) is 4.88. The van der Waals surface area contributed by atoms with E-state index in [1.165, 1.54) is 5.56 Å². The zero-order chi connectivity index (χ0) is 12.3. The lowest BCUT2D eigenvalue weighted by atomic mass is 10.2. The Bertz CT molecular complexity index is 348. The van der Waals surface area contributed by atoms with Crippen LogP contribution in [0.4, 0.5) is 5.95 Å². The van der Waals surface area contributed by atoms with Gasteiger partial charge in [0, 0.05) is 64.3 Å². The maximum Gasteiger partial charge on any atom is 0.224 e. The number of hydrogen-bond acceptors (Lipinski definition) is 5. The van der Waals surface area contributed by atoms with Crippen LogP contribution in [0.15, 0.2) is 12.4 Å². The smallest absolute Gasteiger partial charge is 0.224 e. The molecule has 0 unspecified atom stereocenters. The quantitative estimate of drug-likeness (QED) is 0.818. The molecule has 2 rings (SSSR count). The summed E-state index contributed by atoms with van der Waals surface area (Å²) in [6.45, 7) is 6.42. The fourth-order valence-corrected chi connectivity index (χ4v) is 2.07. The van der Waals surface area contributed by atoms with Crippen LogP contribution in [0, 0.1) is 0 Å². The summed E-state index contributed by atoms with van der Waals surface area (Å²) in [5.41, 5.74) is 1.18. The summed E-state index contributed by atoms with van der Waals surface area (Å²) in [6.07, 6.45) is 3.85. The molecule has 2 heterocycles. The average molecular weight is 235 g/mol. The lowest BCUT2D eigenvalue weighted by Crippen LogP contribution is -2.48. The number of aromatic nitrogens is 2. The van der Waals surface area contributed by atoms with Crippen LogP contribution in [0.1, 0.15) is 12.5 Å². The van der Waals surface area contributed by atoms with Gasteiger partial charge in [-0.05, 0) is 6.92 Å². The predicted molar refractivity (Wildman–Crippen MR) is 69.1 cm³/mol. The van der Waals surface area contributed by atoms with E-state index in [9.17, 15) is 0 Å². The molecular weight excluding hydrogens is 214 g/mol. The van der Waals surface area contributed by atoms with Crippen molar-refractivity contribution in [1.82, 2.24) is 20.2 Å². The molecule has 0 amide bonds. The van der Waals surface area contributed by atoms with Crippen molar-refractivity contribution in [3.63, 3.8) is 0 Å². The number of piperazine rings is 1. The van der Waals surface area contributed by atoms with Gasteiger partial charge in [-0.15, -0.1) is 0 Å². The highest BCUT2D eigenvalue weighted by molar-refractivity contribution is 5.26. The number of anilines is 1. The molecule has 1 fully saturated rings. The molecule has 1 aromatic heterocycles. The molecule has 5 nitrogen and oxygen atoms in total. The zero-order valence-corrected chi connectivity index (χ0v) is 10.8. The van der Waals surface area contributed by atoms with Crippen LogP contribution in [0.2, 0.25) is 0 Å². The minimum Gasteiger partial charge on any atom is -0.347 e. The molecule has 0 spiro atoms. The summed E-state index contributed by atoms with van der Waals surface area (Å²) in [6, 6.07) is 0.575. The van der Waals surface area contributed by atoms with E-state index in [-0.39, 0.29) is 0 Å². The van der Waals surface area contributed by atoms with Gasteiger partial charge in [-0.2, -0.15) is 0 Å². The van der Waals surface area contributed by atoms with Crippen molar-refractivity contribution >= 4 is 5.95 Å². The van der Waals surface area contributed by atoms with Gasteiger partial charge in [-0.1, -0.05) is 0 Å². The van der Waals surface area contributed by atoms with Gasteiger partial charge in [0.15, 0.2) is 0 Å². The summed E-state index contributed by atoms with van der Waals surface area (Å²) < 4.78 is 0. The molecule has 5 heteroatoms. The Kier molecular flexibility index (Phi) is 3.91. The molecule has 1 aliphatic rings. The standard InChI is InChI=1S/C12H21N5/c1-10-8-17(5-4-13-10)9-11-6-14-12(15-7-11)16(2)3/h6-7,10,13H,4-5,8-9H2,1-3H3/t10-/m1/s1. The van der Waals surface area contributed by atoms with Crippen LogP contribution in [0.25, 0.3) is 0 Å². The molecule has 0 radical (unpaired) electrons. The van der Waals surface area contributed by atoms with E-state index < -0.39 is 0 Å². The Morgan fingerprint density at radius 1 is 1.41 bits per heavy atom. The normalized spacial score (nSPS) is 21.5. The van der Waals surface area contributed by atoms with E-state index in [0.717, 1.165) is 32.1 Å². The molecule has 17 heavy (non-hydrogen) atoms. The van der Waals surface area contributed by atoms with E-state index in [4.69, 9.17) is 0 Å². The maximum absolute atomic E-state index is 4.34. The van der Waals surface area contributed by atoms with Crippen LogP contribution in [-0.4, -0.2) is 54.6 Å². The van der Waals surface area contributed by atoms with E-state index in [1.807, 2.05) is 31.4 Å². The zero-order valence-electron chi connectivity index (χ0n) is 10.8. The van der Waals surface area contributed by atoms with Crippen molar-refractivity contribution in [3.8, 4) is 0 Å². The highest BCUT2D eigenvalue weighted by atomic mass is 15.2.